The fourth-order valence-electron chi connectivity index (χ4n) is 11.2. The standard InChI is InChI=1S/C36H60N2O8/c1-19(2)20(3)30(42)32-35(43,10-12-39)31-28(46-32)18-36(44)23-15-25(40)24-16-27(45-13-8-21-7-11-38-29(37)14-21)26(41)17-33(24,4)22(23)6-9-34(31,36)5/h15,19-22,24,26-32,38-39,41-44H,6-14,16-18,37H2,1-5H3/t20-,21?,22+,24+,26-,27+,28-,29?,30-,31+,32+,33+,34+,35+,36-/m0/s1. The van der Waals surface area contributed by atoms with Gasteiger partial charge in [-0.05, 0) is 92.2 Å². The molecule has 4 aliphatic carbocycles. The molecule has 0 aromatic carbocycles. The highest BCUT2D eigenvalue weighted by atomic mass is 16.5. The summed E-state index contributed by atoms with van der Waals surface area (Å²) in [4.78, 5) is 14.0. The second-order valence-corrected chi connectivity index (χ2v) is 16.9. The van der Waals surface area contributed by atoms with Crippen LogP contribution in [0.2, 0.25) is 0 Å². The number of allylic oxidation sites excluding steroid dienone is 1. The lowest BCUT2D eigenvalue weighted by atomic mass is 9.45. The lowest BCUT2D eigenvalue weighted by Gasteiger charge is -2.60. The van der Waals surface area contributed by atoms with Crippen LogP contribution in [0.3, 0.4) is 0 Å². The minimum atomic E-state index is -1.54. The van der Waals surface area contributed by atoms with Gasteiger partial charge in [-0.15, -0.1) is 0 Å². The second kappa shape index (κ2) is 12.4. The highest BCUT2D eigenvalue weighted by molar-refractivity contribution is 5.95. The van der Waals surface area contributed by atoms with Gasteiger partial charge in [0.05, 0.1) is 36.2 Å². The summed E-state index contributed by atoms with van der Waals surface area (Å²) in [6.07, 6.45) is 3.50. The quantitative estimate of drug-likeness (QED) is 0.196. The lowest BCUT2D eigenvalue weighted by molar-refractivity contribution is -0.185. The molecule has 0 bridgehead atoms. The van der Waals surface area contributed by atoms with E-state index in [-0.39, 0.29) is 55.1 Å². The smallest absolute Gasteiger partial charge is 0.159 e. The van der Waals surface area contributed by atoms with Crippen molar-refractivity contribution < 1.29 is 39.8 Å². The van der Waals surface area contributed by atoms with E-state index in [1.165, 1.54) is 0 Å². The van der Waals surface area contributed by atoms with Crippen molar-refractivity contribution in [1.82, 2.24) is 5.32 Å². The maximum atomic E-state index is 14.0. The number of nitrogens with two attached hydrogens (primary N) is 1. The molecule has 0 aromatic heterocycles. The Balaban J connectivity index is 1.23. The minimum absolute atomic E-state index is 0.0174. The molecule has 2 heterocycles. The minimum Gasteiger partial charge on any atom is -0.396 e. The summed E-state index contributed by atoms with van der Waals surface area (Å²) in [5.41, 5.74) is 2.47. The average molecular weight is 649 g/mol. The molecule has 5 fully saturated rings. The number of aliphatic hydroxyl groups is 5. The van der Waals surface area contributed by atoms with Gasteiger partial charge in [0, 0.05) is 43.3 Å². The van der Waals surface area contributed by atoms with Gasteiger partial charge in [-0.2, -0.15) is 0 Å². The van der Waals surface area contributed by atoms with Crippen molar-refractivity contribution in [2.45, 2.75) is 140 Å². The average Bonchev–Trinajstić information content (AvgIpc) is 3.40. The van der Waals surface area contributed by atoms with E-state index in [0.29, 0.717) is 43.8 Å². The van der Waals surface area contributed by atoms with Crippen LogP contribution in [0.15, 0.2) is 11.6 Å². The van der Waals surface area contributed by atoms with Crippen LogP contribution >= 0.6 is 0 Å². The summed E-state index contributed by atoms with van der Waals surface area (Å²) < 4.78 is 12.8. The number of ketones is 1. The Morgan fingerprint density at radius 1 is 1.13 bits per heavy atom. The van der Waals surface area contributed by atoms with E-state index >= 15 is 0 Å². The zero-order valence-corrected chi connectivity index (χ0v) is 28.5. The number of aliphatic hydroxyl groups excluding tert-OH is 3. The van der Waals surface area contributed by atoms with E-state index < -0.39 is 58.5 Å². The van der Waals surface area contributed by atoms with Crippen molar-refractivity contribution in [3.8, 4) is 0 Å². The van der Waals surface area contributed by atoms with Crippen molar-refractivity contribution in [1.29, 1.82) is 0 Å². The van der Waals surface area contributed by atoms with Crippen LogP contribution in [0.25, 0.3) is 0 Å². The van der Waals surface area contributed by atoms with Crippen LogP contribution in [0.5, 0.6) is 0 Å². The summed E-state index contributed by atoms with van der Waals surface area (Å²) in [6, 6.07) is 0. The monoisotopic (exact) mass is 648 g/mol. The second-order valence-electron chi connectivity index (χ2n) is 16.9. The first-order valence-electron chi connectivity index (χ1n) is 18.0. The highest BCUT2D eigenvalue weighted by Crippen LogP contribution is 2.71. The van der Waals surface area contributed by atoms with Crippen LogP contribution in [-0.4, -0.2) is 99.0 Å². The maximum absolute atomic E-state index is 14.0. The normalized spacial score (nSPS) is 50.0. The molecule has 0 radical (unpaired) electrons. The number of carbonyl (C=O) groups is 1. The first kappa shape index (κ1) is 34.9. The number of nitrogens with one attached hydrogen (secondary N) is 1. The first-order valence-corrected chi connectivity index (χ1v) is 18.0. The van der Waals surface area contributed by atoms with Gasteiger partial charge in [0.25, 0.3) is 0 Å². The molecule has 2 saturated heterocycles. The largest absolute Gasteiger partial charge is 0.396 e. The molecule has 262 valence electrons. The predicted octanol–water partition coefficient (Wildman–Crippen LogP) is 2.03. The van der Waals surface area contributed by atoms with Crippen LogP contribution in [-0.2, 0) is 14.3 Å². The van der Waals surface area contributed by atoms with E-state index in [1.54, 1.807) is 6.08 Å². The fourth-order valence-corrected chi connectivity index (χ4v) is 11.2. The van der Waals surface area contributed by atoms with E-state index in [1.807, 2.05) is 27.7 Å². The highest BCUT2D eigenvalue weighted by Gasteiger charge is 2.76. The third-order valence-electron chi connectivity index (χ3n) is 14.3. The number of piperidine rings is 1. The summed E-state index contributed by atoms with van der Waals surface area (Å²) >= 11 is 0. The molecule has 0 amide bonds. The van der Waals surface area contributed by atoms with Crippen molar-refractivity contribution in [2.24, 2.45) is 52.1 Å². The van der Waals surface area contributed by atoms with Crippen molar-refractivity contribution in [3.63, 3.8) is 0 Å². The first-order chi connectivity index (χ1) is 21.6. The van der Waals surface area contributed by atoms with Gasteiger partial charge in [-0.1, -0.05) is 34.6 Å². The van der Waals surface area contributed by atoms with Crippen molar-refractivity contribution in [3.05, 3.63) is 11.6 Å². The third kappa shape index (κ3) is 5.28. The van der Waals surface area contributed by atoms with Crippen LogP contribution in [0.1, 0.15) is 92.4 Å². The van der Waals surface area contributed by atoms with Gasteiger partial charge in [0.1, 0.15) is 11.7 Å². The summed E-state index contributed by atoms with van der Waals surface area (Å²) in [5.74, 6) is -0.454. The Labute approximate surface area is 274 Å². The topological polar surface area (TPSA) is 175 Å². The number of ether oxygens (including phenoxy) is 2. The number of hydrogen-bond acceptors (Lipinski definition) is 10. The predicted molar refractivity (Wildman–Crippen MR) is 172 cm³/mol. The van der Waals surface area contributed by atoms with Crippen LogP contribution in [0.4, 0.5) is 0 Å². The fraction of sp³-hybridized carbons (Fsp3) is 0.917. The van der Waals surface area contributed by atoms with Gasteiger partial charge < -0.3 is 46.1 Å². The molecular weight excluding hydrogens is 588 g/mol. The van der Waals surface area contributed by atoms with E-state index in [0.717, 1.165) is 25.8 Å². The summed E-state index contributed by atoms with van der Waals surface area (Å²) in [7, 11) is 0. The molecule has 2 aliphatic heterocycles. The molecule has 2 unspecified atom stereocenters. The Bertz CT molecular complexity index is 1180. The Kier molecular flexibility index (Phi) is 9.43. The summed E-state index contributed by atoms with van der Waals surface area (Å²) in [6.45, 7) is 11.3. The Hall–Kier alpha value is -0.950. The molecule has 10 heteroatoms. The number of rotatable bonds is 9. The van der Waals surface area contributed by atoms with E-state index in [4.69, 9.17) is 15.2 Å². The number of carbonyl (C=O) groups excluding carboxylic acids is 1. The molecule has 15 atom stereocenters. The van der Waals surface area contributed by atoms with Gasteiger partial charge in [0.15, 0.2) is 5.78 Å². The van der Waals surface area contributed by atoms with Gasteiger partial charge >= 0.3 is 0 Å². The van der Waals surface area contributed by atoms with Crippen molar-refractivity contribution in [2.75, 3.05) is 19.8 Å². The SMILES string of the molecule is CC(C)[C@H](C)[C@H](O)[C@H]1O[C@H]2C[C@]3(O)C4=CC(=O)[C@H]5C[C@@H](OCCC6CCNC(N)C6)[C@@H](O)C[C@]5(C)[C@@H]4CC[C@]3(C)[C@@H]2[C@]1(O)CCO. The molecule has 46 heavy (non-hydrogen) atoms. The molecule has 0 aromatic rings. The molecule has 0 spiro atoms. The molecule has 8 N–H and O–H groups in total. The molecule has 6 aliphatic rings. The van der Waals surface area contributed by atoms with Crippen molar-refractivity contribution >= 4 is 5.78 Å². The van der Waals surface area contributed by atoms with Gasteiger partial charge in [-0.25, -0.2) is 0 Å². The molecule has 3 saturated carbocycles. The van der Waals surface area contributed by atoms with Gasteiger partial charge in [0.2, 0.25) is 0 Å². The van der Waals surface area contributed by atoms with Crippen LogP contribution < -0.4 is 11.1 Å². The van der Waals surface area contributed by atoms with E-state index in [2.05, 4.69) is 12.2 Å². The van der Waals surface area contributed by atoms with E-state index in [9.17, 15) is 30.3 Å². The van der Waals surface area contributed by atoms with Crippen LogP contribution in [0, 0.1) is 46.3 Å². The number of hydrogen-bond donors (Lipinski definition) is 7. The third-order valence-corrected chi connectivity index (χ3v) is 14.3. The molecule has 6 rings (SSSR count). The Morgan fingerprint density at radius 2 is 1.87 bits per heavy atom. The molecular formula is C36H60N2O8. The summed E-state index contributed by atoms with van der Waals surface area (Å²) in [5, 5.41) is 61.3. The van der Waals surface area contributed by atoms with Gasteiger partial charge in [-0.3, -0.25) is 4.79 Å². The Morgan fingerprint density at radius 3 is 2.54 bits per heavy atom. The maximum Gasteiger partial charge on any atom is 0.159 e. The zero-order chi connectivity index (χ0) is 33.4. The molecule has 10 nitrogen and oxygen atoms in total. The number of fused-ring (bicyclic) bond motifs is 7. The lowest BCUT2D eigenvalue weighted by Crippen LogP contribution is -2.64. The zero-order valence-electron chi connectivity index (χ0n) is 28.5.